The highest BCUT2D eigenvalue weighted by atomic mass is 32.2. The SMILES string of the molecule is CCCOc1ccc(S(=O)(=O)NCC(c2ccco2)n2cccn2)cc1C. The topological polar surface area (TPSA) is 86.4 Å². The van der Waals surface area contributed by atoms with E-state index in [1.54, 1.807) is 59.7 Å². The molecule has 0 spiro atoms. The standard InChI is InChI=1S/C19H23N3O4S/c1-3-11-25-18-8-7-16(13-15(18)2)27(23,24)21-14-17(19-6-4-12-26-19)22-10-5-9-20-22/h4-10,12-13,17,21H,3,11,14H2,1-2H3. The van der Waals surface area contributed by atoms with E-state index >= 15 is 0 Å². The number of hydrogen-bond acceptors (Lipinski definition) is 5. The maximum atomic E-state index is 12.7. The third-order valence-corrected chi connectivity index (χ3v) is 5.52. The molecule has 1 aromatic carbocycles. The van der Waals surface area contributed by atoms with Crippen LogP contribution in [0.1, 0.15) is 30.7 Å². The number of nitrogens with one attached hydrogen (secondary N) is 1. The van der Waals surface area contributed by atoms with Gasteiger partial charge < -0.3 is 9.15 Å². The molecule has 0 aliphatic rings. The molecular weight excluding hydrogens is 366 g/mol. The van der Waals surface area contributed by atoms with Crippen LogP contribution in [0, 0.1) is 6.92 Å². The fourth-order valence-electron chi connectivity index (χ4n) is 2.71. The lowest BCUT2D eigenvalue weighted by Crippen LogP contribution is -2.31. The Morgan fingerprint density at radius 3 is 2.78 bits per heavy atom. The largest absolute Gasteiger partial charge is 0.493 e. The molecule has 0 saturated heterocycles. The fraction of sp³-hybridized carbons (Fsp3) is 0.316. The molecule has 1 N–H and O–H groups in total. The summed E-state index contributed by atoms with van der Waals surface area (Å²) in [7, 11) is -3.69. The van der Waals surface area contributed by atoms with Gasteiger partial charge in [-0.25, -0.2) is 13.1 Å². The zero-order valence-electron chi connectivity index (χ0n) is 15.3. The minimum Gasteiger partial charge on any atom is -0.493 e. The highest BCUT2D eigenvalue weighted by molar-refractivity contribution is 7.89. The van der Waals surface area contributed by atoms with Crippen molar-refractivity contribution in [3.63, 3.8) is 0 Å². The lowest BCUT2D eigenvalue weighted by atomic mass is 10.2. The van der Waals surface area contributed by atoms with Gasteiger partial charge in [0.1, 0.15) is 17.6 Å². The van der Waals surface area contributed by atoms with Crippen LogP contribution in [0.25, 0.3) is 0 Å². The fourth-order valence-corrected chi connectivity index (χ4v) is 3.83. The molecule has 2 aromatic heterocycles. The lowest BCUT2D eigenvalue weighted by molar-refractivity contribution is 0.315. The van der Waals surface area contributed by atoms with Crippen LogP contribution >= 0.6 is 0 Å². The lowest BCUT2D eigenvalue weighted by Gasteiger charge is -2.17. The second-order valence-electron chi connectivity index (χ2n) is 6.14. The average molecular weight is 389 g/mol. The molecule has 3 rings (SSSR count). The minimum atomic E-state index is -3.69. The summed E-state index contributed by atoms with van der Waals surface area (Å²) in [5.41, 5.74) is 0.779. The van der Waals surface area contributed by atoms with Gasteiger partial charge in [0.25, 0.3) is 0 Å². The van der Waals surface area contributed by atoms with Crippen LogP contribution in [0.4, 0.5) is 0 Å². The molecule has 144 valence electrons. The van der Waals surface area contributed by atoms with E-state index in [1.165, 1.54) is 0 Å². The van der Waals surface area contributed by atoms with Crippen molar-refractivity contribution in [1.29, 1.82) is 0 Å². The van der Waals surface area contributed by atoms with E-state index in [4.69, 9.17) is 9.15 Å². The molecule has 0 radical (unpaired) electrons. The molecule has 0 aliphatic heterocycles. The molecular formula is C19H23N3O4S. The maximum absolute atomic E-state index is 12.7. The summed E-state index contributed by atoms with van der Waals surface area (Å²) in [5.74, 6) is 1.32. The molecule has 8 heteroatoms. The van der Waals surface area contributed by atoms with Gasteiger partial charge in [-0.05, 0) is 55.3 Å². The van der Waals surface area contributed by atoms with Crippen LogP contribution < -0.4 is 9.46 Å². The molecule has 0 fully saturated rings. The second-order valence-corrected chi connectivity index (χ2v) is 7.91. The van der Waals surface area contributed by atoms with Crippen molar-refractivity contribution >= 4 is 10.0 Å². The Kier molecular flexibility index (Phi) is 5.98. The molecule has 7 nitrogen and oxygen atoms in total. The molecule has 1 atom stereocenters. The van der Waals surface area contributed by atoms with Crippen LogP contribution in [-0.4, -0.2) is 31.3 Å². The number of sulfonamides is 1. The highest BCUT2D eigenvalue weighted by Crippen LogP contribution is 2.23. The predicted molar refractivity (Wildman–Crippen MR) is 101 cm³/mol. The van der Waals surface area contributed by atoms with Crippen LogP contribution in [0.15, 0.2) is 64.4 Å². The second kappa shape index (κ2) is 8.41. The molecule has 1 unspecified atom stereocenters. The normalized spacial score (nSPS) is 12.8. The van der Waals surface area contributed by atoms with Gasteiger partial charge in [0.2, 0.25) is 10.0 Å². The summed E-state index contributed by atoms with van der Waals surface area (Å²) in [6, 6.07) is 9.82. The summed E-state index contributed by atoms with van der Waals surface area (Å²) in [6.07, 6.45) is 5.86. The first-order valence-corrected chi connectivity index (χ1v) is 10.2. The number of rotatable bonds is 9. The Morgan fingerprint density at radius 2 is 2.15 bits per heavy atom. The summed E-state index contributed by atoms with van der Waals surface area (Å²) in [5, 5.41) is 4.21. The van der Waals surface area contributed by atoms with Gasteiger partial charge in [-0.1, -0.05) is 6.92 Å². The van der Waals surface area contributed by atoms with Crippen LogP contribution in [0.2, 0.25) is 0 Å². The van der Waals surface area contributed by atoms with Gasteiger partial charge >= 0.3 is 0 Å². The van der Waals surface area contributed by atoms with Gasteiger partial charge in [0.15, 0.2) is 0 Å². The number of aromatic nitrogens is 2. The Balaban J connectivity index is 1.76. The van der Waals surface area contributed by atoms with Crippen molar-refractivity contribution in [2.75, 3.05) is 13.2 Å². The molecule has 2 heterocycles. The molecule has 3 aromatic rings. The van der Waals surface area contributed by atoms with Gasteiger partial charge in [-0.3, -0.25) is 4.68 Å². The van der Waals surface area contributed by atoms with E-state index in [2.05, 4.69) is 9.82 Å². The van der Waals surface area contributed by atoms with Crippen LogP contribution in [0.3, 0.4) is 0 Å². The molecule has 0 bridgehead atoms. The summed E-state index contributed by atoms with van der Waals surface area (Å²) < 4.78 is 40.9. The van der Waals surface area contributed by atoms with E-state index in [9.17, 15) is 8.42 Å². The van der Waals surface area contributed by atoms with Gasteiger partial charge in [0.05, 0.1) is 17.8 Å². The van der Waals surface area contributed by atoms with Gasteiger partial charge in [-0.15, -0.1) is 0 Å². The smallest absolute Gasteiger partial charge is 0.240 e. The Morgan fingerprint density at radius 1 is 1.30 bits per heavy atom. The molecule has 0 aliphatic carbocycles. The van der Waals surface area contributed by atoms with Crippen molar-refractivity contribution in [2.45, 2.75) is 31.2 Å². The van der Waals surface area contributed by atoms with E-state index in [0.717, 1.165) is 12.0 Å². The van der Waals surface area contributed by atoms with E-state index in [-0.39, 0.29) is 17.5 Å². The van der Waals surface area contributed by atoms with Crippen molar-refractivity contribution < 1.29 is 17.6 Å². The third kappa shape index (κ3) is 4.58. The van der Waals surface area contributed by atoms with E-state index < -0.39 is 10.0 Å². The third-order valence-electron chi connectivity index (χ3n) is 4.10. The van der Waals surface area contributed by atoms with Crippen molar-refractivity contribution in [3.8, 4) is 5.75 Å². The number of benzene rings is 1. The summed E-state index contributed by atoms with van der Waals surface area (Å²) >= 11 is 0. The van der Waals surface area contributed by atoms with Crippen molar-refractivity contribution in [3.05, 3.63) is 66.4 Å². The number of hydrogen-bond donors (Lipinski definition) is 1. The van der Waals surface area contributed by atoms with Gasteiger partial charge in [0, 0.05) is 18.9 Å². The Bertz CT molecular complexity index is 917. The zero-order chi connectivity index (χ0) is 19.3. The number of aryl methyl sites for hydroxylation is 1. The summed E-state index contributed by atoms with van der Waals surface area (Å²) in [6.45, 7) is 4.57. The average Bonchev–Trinajstić information content (AvgIpc) is 3.35. The van der Waals surface area contributed by atoms with E-state index in [0.29, 0.717) is 18.1 Å². The number of furan rings is 1. The first-order chi connectivity index (χ1) is 13.0. The highest BCUT2D eigenvalue weighted by Gasteiger charge is 2.22. The first kappa shape index (κ1) is 19.2. The molecule has 0 amide bonds. The monoisotopic (exact) mass is 389 g/mol. The predicted octanol–water partition coefficient (Wildman–Crippen LogP) is 3.14. The quantitative estimate of drug-likeness (QED) is 0.608. The number of ether oxygens (including phenoxy) is 1. The Labute approximate surface area is 159 Å². The first-order valence-electron chi connectivity index (χ1n) is 8.77. The zero-order valence-corrected chi connectivity index (χ0v) is 16.1. The van der Waals surface area contributed by atoms with Crippen LogP contribution in [0.5, 0.6) is 5.75 Å². The van der Waals surface area contributed by atoms with Crippen molar-refractivity contribution in [1.82, 2.24) is 14.5 Å². The van der Waals surface area contributed by atoms with Gasteiger partial charge in [-0.2, -0.15) is 5.10 Å². The van der Waals surface area contributed by atoms with Crippen molar-refractivity contribution in [2.24, 2.45) is 0 Å². The molecule has 0 saturated carbocycles. The van der Waals surface area contributed by atoms with Crippen LogP contribution in [-0.2, 0) is 10.0 Å². The Hall–Kier alpha value is -2.58. The molecule has 27 heavy (non-hydrogen) atoms. The summed E-state index contributed by atoms with van der Waals surface area (Å²) in [4.78, 5) is 0.197. The van der Waals surface area contributed by atoms with E-state index in [1.807, 2.05) is 13.8 Å². The maximum Gasteiger partial charge on any atom is 0.240 e. The minimum absolute atomic E-state index is 0.116. The number of nitrogens with zero attached hydrogens (tertiary/aromatic N) is 2.